The normalized spacial score (nSPS) is 18.4. The molecule has 1 saturated heterocycles. The lowest BCUT2D eigenvalue weighted by atomic mass is 9.79. The van der Waals surface area contributed by atoms with Crippen LogP contribution in [0.3, 0.4) is 0 Å². The molecule has 242 valence electrons. The van der Waals surface area contributed by atoms with Gasteiger partial charge in [0.25, 0.3) is 0 Å². The molecule has 0 spiro atoms. The molecule has 5 heteroatoms. The Bertz CT molecular complexity index is 1460. The maximum atomic E-state index is 11.4. The summed E-state index contributed by atoms with van der Waals surface area (Å²) in [6, 6.07) is 18.5. The van der Waals surface area contributed by atoms with Crippen LogP contribution in [0.1, 0.15) is 116 Å². The fourth-order valence-corrected chi connectivity index (χ4v) is 5.78. The van der Waals surface area contributed by atoms with Gasteiger partial charge in [0, 0.05) is 53.5 Å². The first-order valence-corrected chi connectivity index (χ1v) is 16.3. The predicted molar refractivity (Wildman–Crippen MR) is 192 cm³/mol. The average Bonchev–Trinajstić information content (AvgIpc) is 3.32. The van der Waals surface area contributed by atoms with E-state index in [0.717, 1.165) is 27.9 Å². The van der Waals surface area contributed by atoms with Gasteiger partial charge in [0.15, 0.2) is 0 Å². The van der Waals surface area contributed by atoms with Crippen molar-refractivity contribution in [2.24, 2.45) is 9.98 Å². The molecule has 1 fully saturated rings. The smallest absolute Gasteiger partial charge is 0.128 e. The van der Waals surface area contributed by atoms with Gasteiger partial charge in [-0.2, -0.15) is 0 Å². The van der Waals surface area contributed by atoms with Crippen LogP contribution >= 0.6 is 0 Å². The minimum Gasteiger partial charge on any atom is -0.507 e. The topological polar surface area (TPSA) is 68.4 Å². The molecule has 0 bridgehead atoms. The van der Waals surface area contributed by atoms with Crippen molar-refractivity contribution >= 4 is 18.1 Å². The molecule has 0 aromatic heterocycles. The zero-order valence-corrected chi connectivity index (χ0v) is 29.7. The second-order valence-corrected chi connectivity index (χ2v) is 16.9. The third kappa shape index (κ3) is 7.98. The zero-order valence-electron chi connectivity index (χ0n) is 29.7. The van der Waals surface area contributed by atoms with Gasteiger partial charge in [0.1, 0.15) is 11.5 Å². The van der Waals surface area contributed by atoms with Crippen LogP contribution < -0.4 is 4.90 Å². The summed E-state index contributed by atoms with van der Waals surface area (Å²) in [4.78, 5) is 12.5. The van der Waals surface area contributed by atoms with E-state index in [1.165, 1.54) is 11.1 Å². The van der Waals surface area contributed by atoms with Gasteiger partial charge in [-0.1, -0.05) is 113 Å². The van der Waals surface area contributed by atoms with Gasteiger partial charge in [-0.3, -0.25) is 9.98 Å². The van der Waals surface area contributed by atoms with E-state index in [0.29, 0.717) is 13.1 Å². The SMILES string of the molecule is CC(C)(C)c1cc(C=N[C@@H]2CN(c3ccccc3)C[C@H]2N=Cc2cc(C(C)(C)C)cc(C(C)(C)C)c2O)c(O)c(C(C)(C)C)c1. The Labute approximate surface area is 272 Å². The zero-order chi connectivity index (χ0) is 33.5. The molecule has 0 unspecified atom stereocenters. The molecular weight excluding hydrogens is 554 g/mol. The molecule has 4 rings (SSSR count). The summed E-state index contributed by atoms with van der Waals surface area (Å²) in [5.41, 5.74) is 6.21. The van der Waals surface area contributed by atoms with Gasteiger partial charge in [-0.05, 0) is 57.1 Å². The molecule has 0 aliphatic carbocycles. The van der Waals surface area contributed by atoms with Crippen molar-refractivity contribution < 1.29 is 10.2 Å². The van der Waals surface area contributed by atoms with Crippen LogP contribution in [0.4, 0.5) is 5.69 Å². The summed E-state index contributed by atoms with van der Waals surface area (Å²) in [5, 5.41) is 22.8. The van der Waals surface area contributed by atoms with E-state index >= 15 is 0 Å². The minimum atomic E-state index is -0.215. The first kappa shape index (κ1) is 34.3. The van der Waals surface area contributed by atoms with Gasteiger partial charge in [0.05, 0.1) is 12.1 Å². The molecule has 1 heterocycles. The van der Waals surface area contributed by atoms with Crippen LogP contribution in [0, 0.1) is 0 Å². The third-order valence-corrected chi connectivity index (χ3v) is 8.82. The molecular formula is C40H55N3O2. The summed E-state index contributed by atoms with van der Waals surface area (Å²) >= 11 is 0. The summed E-state index contributed by atoms with van der Waals surface area (Å²) in [5.74, 6) is 0.576. The third-order valence-electron chi connectivity index (χ3n) is 8.82. The number of hydrogen-bond donors (Lipinski definition) is 2. The number of anilines is 1. The number of benzene rings is 3. The Morgan fingerprint density at radius 3 is 1.29 bits per heavy atom. The van der Waals surface area contributed by atoms with Gasteiger partial charge in [-0.25, -0.2) is 0 Å². The lowest BCUT2D eigenvalue weighted by Gasteiger charge is -2.27. The molecule has 3 aromatic rings. The second-order valence-electron chi connectivity index (χ2n) is 16.9. The van der Waals surface area contributed by atoms with Crippen molar-refractivity contribution in [3.63, 3.8) is 0 Å². The summed E-state index contributed by atoms with van der Waals surface area (Å²) in [6.45, 7) is 27.4. The lowest BCUT2D eigenvalue weighted by molar-refractivity contribution is 0.443. The Balaban J connectivity index is 1.77. The Morgan fingerprint density at radius 1 is 0.578 bits per heavy atom. The number of phenolic OH excluding ortho intramolecular Hbond substituents is 2. The highest BCUT2D eigenvalue weighted by Crippen LogP contribution is 2.39. The highest BCUT2D eigenvalue weighted by Gasteiger charge is 2.33. The van der Waals surface area contributed by atoms with Crippen LogP contribution in [-0.2, 0) is 21.7 Å². The Kier molecular flexibility index (Phi) is 9.37. The lowest BCUT2D eigenvalue weighted by Crippen LogP contribution is -2.21. The molecule has 0 radical (unpaired) electrons. The number of aromatic hydroxyl groups is 2. The van der Waals surface area contributed by atoms with E-state index in [2.05, 4.69) is 137 Å². The van der Waals surface area contributed by atoms with Crippen molar-refractivity contribution in [2.75, 3.05) is 18.0 Å². The highest BCUT2D eigenvalue weighted by molar-refractivity contribution is 5.86. The molecule has 0 amide bonds. The van der Waals surface area contributed by atoms with Crippen LogP contribution in [0.25, 0.3) is 0 Å². The van der Waals surface area contributed by atoms with Crippen LogP contribution in [0.2, 0.25) is 0 Å². The molecule has 45 heavy (non-hydrogen) atoms. The van der Waals surface area contributed by atoms with Crippen molar-refractivity contribution in [1.82, 2.24) is 0 Å². The van der Waals surface area contributed by atoms with E-state index in [9.17, 15) is 10.2 Å². The van der Waals surface area contributed by atoms with Crippen molar-refractivity contribution in [1.29, 1.82) is 0 Å². The van der Waals surface area contributed by atoms with E-state index in [1.807, 2.05) is 18.5 Å². The number of phenols is 2. The summed E-state index contributed by atoms with van der Waals surface area (Å²) < 4.78 is 0. The fraction of sp³-hybridized carbons (Fsp3) is 0.500. The molecule has 2 atom stereocenters. The number of para-hydroxylation sites is 1. The Morgan fingerprint density at radius 2 is 0.956 bits per heavy atom. The first-order chi connectivity index (χ1) is 20.7. The second kappa shape index (κ2) is 12.3. The quantitative estimate of drug-likeness (QED) is 0.284. The molecule has 0 saturated carbocycles. The molecule has 5 nitrogen and oxygen atoms in total. The van der Waals surface area contributed by atoms with Crippen LogP contribution in [0.15, 0.2) is 64.6 Å². The molecule has 3 aromatic carbocycles. The first-order valence-electron chi connectivity index (χ1n) is 16.3. The maximum Gasteiger partial charge on any atom is 0.128 e. The van der Waals surface area contributed by atoms with Gasteiger partial charge >= 0.3 is 0 Å². The number of aliphatic imine (C=N–C) groups is 2. The molecule has 1 aliphatic rings. The molecule has 1 aliphatic heterocycles. The highest BCUT2D eigenvalue weighted by atomic mass is 16.3. The summed E-state index contributed by atoms with van der Waals surface area (Å²) in [6.07, 6.45) is 3.69. The Hall–Kier alpha value is -3.60. The van der Waals surface area contributed by atoms with Gasteiger partial charge in [-0.15, -0.1) is 0 Å². The predicted octanol–water partition coefficient (Wildman–Crippen LogP) is 9.08. The standard InChI is InChI=1S/C40H55N3O2/c1-37(2,3)28-18-26(35(44)31(20-28)39(7,8)9)22-41-33-24-43(30-16-14-13-15-17-30)25-34(33)42-23-27-19-29(38(4,5)6)21-32(36(27)45)40(10,11)12/h13-23,33-34,44-45H,24-25H2,1-12H3/t33-,34-/m1/s1. The van der Waals surface area contributed by atoms with E-state index in [-0.39, 0.29) is 45.2 Å². The number of rotatable bonds is 5. The number of nitrogens with zero attached hydrogens (tertiary/aromatic N) is 3. The fourth-order valence-electron chi connectivity index (χ4n) is 5.78. The summed E-state index contributed by atoms with van der Waals surface area (Å²) in [7, 11) is 0. The number of hydrogen-bond acceptors (Lipinski definition) is 5. The van der Waals surface area contributed by atoms with Crippen molar-refractivity contribution in [3.8, 4) is 11.5 Å². The average molecular weight is 610 g/mol. The minimum absolute atomic E-state index is 0.0733. The van der Waals surface area contributed by atoms with Crippen LogP contribution in [0.5, 0.6) is 11.5 Å². The molecule has 2 N–H and O–H groups in total. The van der Waals surface area contributed by atoms with E-state index in [4.69, 9.17) is 9.98 Å². The van der Waals surface area contributed by atoms with E-state index < -0.39 is 0 Å². The van der Waals surface area contributed by atoms with E-state index in [1.54, 1.807) is 0 Å². The van der Waals surface area contributed by atoms with Gasteiger partial charge in [0.2, 0.25) is 0 Å². The van der Waals surface area contributed by atoms with Crippen molar-refractivity contribution in [3.05, 3.63) is 88.0 Å². The van der Waals surface area contributed by atoms with Crippen molar-refractivity contribution in [2.45, 2.75) is 117 Å². The van der Waals surface area contributed by atoms with Crippen LogP contribution in [-0.4, -0.2) is 47.8 Å². The van der Waals surface area contributed by atoms with Gasteiger partial charge < -0.3 is 15.1 Å². The largest absolute Gasteiger partial charge is 0.507 e. The monoisotopic (exact) mass is 609 g/mol. The maximum absolute atomic E-state index is 11.4.